The number of unbranched alkanes of at least 4 members (excludes halogenated alkanes) is 1. The van der Waals surface area contributed by atoms with Gasteiger partial charge in [0.15, 0.2) is 0 Å². The highest BCUT2D eigenvalue weighted by Gasteiger charge is 2.08. The standard InChI is InChI=1S/C8H19NO7S/c10-4-6-15-9(16-7-5-11)3-1-2-8-17(12,13)14/h10-11H,1-8H2,(H,12,13,14). The molecule has 0 radical (unpaired) electrons. The van der Waals surface area contributed by atoms with Gasteiger partial charge in [0.05, 0.1) is 38.7 Å². The molecule has 9 heteroatoms. The lowest BCUT2D eigenvalue weighted by Crippen LogP contribution is -2.28. The molecule has 0 heterocycles. The van der Waals surface area contributed by atoms with Crippen LogP contribution in [-0.2, 0) is 19.8 Å². The second-order valence-electron chi connectivity index (χ2n) is 3.16. The summed E-state index contributed by atoms with van der Waals surface area (Å²) in [6.45, 7) is 0.0109. The second-order valence-corrected chi connectivity index (χ2v) is 4.74. The van der Waals surface area contributed by atoms with E-state index in [1.165, 1.54) is 0 Å². The maximum absolute atomic E-state index is 10.4. The lowest BCUT2D eigenvalue weighted by atomic mass is 10.3. The Bertz CT molecular complexity index is 261. The summed E-state index contributed by atoms with van der Waals surface area (Å²) in [5, 5.41) is 18.2. The topological polar surface area (TPSA) is 117 Å². The fourth-order valence-electron chi connectivity index (χ4n) is 0.977. The molecule has 3 N–H and O–H groups in total. The normalized spacial score (nSPS) is 12.2. The first-order chi connectivity index (χ1) is 7.99. The predicted molar refractivity (Wildman–Crippen MR) is 58.4 cm³/mol. The van der Waals surface area contributed by atoms with E-state index in [2.05, 4.69) is 0 Å². The van der Waals surface area contributed by atoms with E-state index < -0.39 is 10.1 Å². The molecular weight excluding hydrogens is 254 g/mol. The van der Waals surface area contributed by atoms with E-state index in [0.717, 1.165) is 5.23 Å². The Hall–Kier alpha value is -0.290. The van der Waals surface area contributed by atoms with Gasteiger partial charge in [-0.25, -0.2) is 0 Å². The fraction of sp³-hybridized carbons (Fsp3) is 1.00. The third-order valence-electron chi connectivity index (χ3n) is 1.65. The van der Waals surface area contributed by atoms with E-state index in [-0.39, 0.29) is 45.1 Å². The summed E-state index contributed by atoms with van der Waals surface area (Å²) in [4.78, 5) is 9.93. The minimum Gasteiger partial charge on any atom is -0.394 e. The van der Waals surface area contributed by atoms with Crippen LogP contribution >= 0.6 is 0 Å². The summed E-state index contributed by atoms with van der Waals surface area (Å²) in [7, 11) is -3.94. The number of hydrogen-bond acceptors (Lipinski definition) is 7. The molecule has 17 heavy (non-hydrogen) atoms. The van der Waals surface area contributed by atoms with Gasteiger partial charge >= 0.3 is 0 Å². The molecule has 0 aromatic heterocycles. The van der Waals surface area contributed by atoms with Crippen LogP contribution in [0.5, 0.6) is 0 Å². The molecule has 0 aliphatic heterocycles. The summed E-state index contributed by atoms with van der Waals surface area (Å²) in [5.41, 5.74) is 0. The molecule has 0 aromatic rings. The van der Waals surface area contributed by atoms with Gasteiger partial charge in [-0.05, 0) is 12.8 Å². The van der Waals surface area contributed by atoms with Crippen molar-refractivity contribution >= 4 is 10.1 Å². The second kappa shape index (κ2) is 9.71. The van der Waals surface area contributed by atoms with Gasteiger partial charge in [0.1, 0.15) is 0 Å². The number of hydrogen-bond donors (Lipinski definition) is 3. The minimum atomic E-state index is -3.94. The van der Waals surface area contributed by atoms with Crippen molar-refractivity contribution < 1.29 is 32.9 Å². The summed E-state index contributed by atoms with van der Waals surface area (Å²) < 4.78 is 29.4. The van der Waals surface area contributed by atoms with Crippen LogP contribution in [0.3, 0.4) is 0 Å². The average Bonchev–Trinajstić information content (AvgIpc) is 2.25. The molecule has 0 saturated carbocycles. The predicted octanol–water partition coefficient (Wildman–Crippen LogP) is -1.20. The lowest BCUT2D eigenvalue weighted by molar-refractivity contribution is -0.371. The van der Waals surface area contributed by atoms with E-state index in [9.17, 15) is 8.42 Å². The van der Waals surface area contributed by atoms with Gasteiger partial charge in [0.2, 0.25) is 0 Å². The van der Waals surface area contributed by atoms with Gasteiger partial charge in [-0.15, -0.1) is 0 Å². The molecule has 104 valence electrons. The Morgan fingerprint density at radius 1 is 1.00 bits per heavy atom. The van der Waals surface area contributed by atoms with Gasteiger partial charge in [0, 0.05) is 0 Å². The van der Waals surface area contributed by atoms with Crippen molar-refractivity contribution in [2.45, 2.75) is 12.8 Å². The largest absolute Gasteiger partial charge is 0.394 e. The van der Waals surface area contributed by atoms with Gasteiger partial charge in [0.25, 0.3) is 10.1 Å². The molecule has 0 aromatic carbocycles. The van der Waals surface area contributed by atoms with Crippen molar-refractivity contribution in [3.63, 3.8) is 0 Å². The highest BCUT2D eigenvalue weighted by atomic mass is 32.2. The Morgan fingerprint density at radius 2 is 1.53 bits per heavy atom. The zero-order chi connectivity index (χ0) is 13.1. The molecular formula is C8H19NO7S. The maximum atomic E-state index is 10.4. The molecule has 8 nitrogen and oxygen atoms in total. The van der Waals surface area contributed by atoms with Crippen molar-refractivity contribution in [3.05, 3.63) is 0 Å². The molecule has 0 saturated heterocycles. The molecule has 0 unspecified atom stereocenters. The van der Waals surface area contributed by atoms with E-state index in [4.69, 9.17) is 24.4 Å². The van der Waals surface area contributed by atoms with Gasteiger partial charge < -0.3 is 10.2 Å². The fourth-order valence-corrected chi connectivity index (χ4v) is 1.55. The Morgan fingerprint density at radius 3 is 1.94 bits per heavy atom. The number of aliphatic hydroxyl groups excluding tert-OH is 2. The van der Waals surface area contributed by atoms with Gasteiger partial charge in [-0.3, -0.25) is 14.2 Å². The highest BCUT2D eigenvalue weighted by molar-refractivity contribution is 7.85. The Balaban J connectivity index is 3.74. The SMILES string of the molecule is O=S(=O)(O)CCCCN(OCCO)OCCO. The van der Waals surface area contributed by atoms with Crippen molar-refractivity contribution in [2.24, 2.45) is 0 Å². The third-order valence-corrected chi connectivity index (χ3v) is 2.45. The highest BCUT2D eigenvalue weighted by Crippen LogP contribution is 2.00. The zero-order valence-corrected chi connectivity index (χ0v) is 10.3. The van der Waals surface area contributed by atoms with E-state index in [0.29, 0.717) is 6.42 Å². The molecule has 0 spiro atoms. The van der Waals surface area contributed by atoms with Crippen molar-refractivity contribution in [3.8, 4) is 0 Å². The number of nitrogens with zero attached hydrogens (tertiary/aromatic N) is 1. The minimum absolute atomic E-state index is 0.0454. The van der Waals surface area contributed by atoms with Crippen LogP contribution in [0.2, 0.25) is 0 Å². The van der Waals surface area contributed by atoms with Crippen molar-refractivity contribution in [2.75, 3.05) is 38.7 Å². The van der Waals surface area contributed by atoms with Crippen LogP contribution in [0.25, 0.3) is 0 Å². The van der Waals surface area contributed by atoms with Crippen molar-refractivity contribution in [1.82, 2.24) is 5.23 Å². The zero-order valence-electron chi connectivity index (χ0n) is 9.49. The molecule has 0 amide bonds. The molecule has 0 fully saturated rings. The van der Waals surface area contributed by atoms with Gasteiger partial charge in [-0.1, -0.05) is 5.23 Å². The summed E-state index contributed by atoms with van der Waals surface area (Å²) in [5.74, 6) is -0.319. The first-order valence-electron chi connectivity index (χ1n) is 5.20. The number of rotatable bonds is 11. The monoisotopic (exact) mass is 273 g/mol. The summed E-state index contributed by atoms with van der Waals surface area (Å²) in [6, 6.07) is 0. The smallest absolute Gasteiger partial charge is 0.264 e. The van der Waals surface area contributed by atoms with Crippen LogP contribution < -0.4 is 0 Å². The average molecular weight is 273 g/mol. The number of aliphatic hydroxyl groups is 2. The molecule has 0 aliphatic rings. The lowest BCUT2D eigenvalue weighted by Gasteiger charge is -2.19. The van der Waals surface area contributed by atoms with E-state index in [1.54, 1.807) is 0 Å². The van der Waals surface area contributed by atoms with E-state index >= 15 is 0 Å². The molecule has 0 bridgehead atoms. The van der Waals surface area contributed by atoms with Crippen LogP contribution in [0.1, 0.15) is 12.8 Å². The third kappa shape index (κ3) is 12.0. The molecule has 0 aliphatic carbocycles. The molecule has 0 rings (SSSR count). The van der Waals surface area contributed by atoms with Crippen LogP contribution in [-0.4, -0.2) is 67.1 Å². The molecule has 0 atom stereocenters. The first kappa shape index (κ1) is 16.7. The first-order valence-corrected chi connectivity index (χ1v) is 6.80. The quantitative estimate of drug-likeness (QED) is 0.244. The number of hydroxylamine groups is 2. The summed E-state index contributed by atoms with van der Waals surface area (Å²) >= 11 is 0. The van der Waals surface area contributed by atoms with Crippen molar-refractivity contribution in [1.29, 1.82) is 0 Å². The Labute approximate surface area is 100 Å². The van der Waals surface area contributed by atoms with Crippen LogP contribution in [0.15, 0.2) is 0 Å². The summed E-state index contributed by atoms with van der Waals surface area (Å²) in [6.07, 6.45) is 0.691. The van der Waals surface area contributed by atoms with Crippen LogP contribution in [0.4, 0.5) is 0 Å². The maximum Gasteiger partial charge on any atom is 0.264 e. The van der Waals surface area contributed by atoms with Gasteiger partial charge in [-0.2, -0.15) is 8.42 Å². The Kier molecular flexibility index (Phi) is 9.55. The van der Waals surface area contributed by atoms with Crippen LogP contribution in [0, 0.1) is 0 Å². The van der Waals surface area contributed by atoms with E-state index in [1.807, 2.05) is 0 Å².